The van der Waals surface area contributed by atoms with Crippen molar-refractivity contribution in [3.8, 4) is 11.5 Å². The highest BCUT2D eigenvalue weighted by Crippen LogP contribution is 2.15. The lowest BCUT2D eigenvalue weighted by Crippen LogP contribution is -2.17. The molecular weight excluding hydrogens is 347 g/mol. The van der Waals surface area contributed by atoms with Crippen LogP contribution in [0, 0.1) is 5.82 Å². The van der Waals surface area contributed by atoms with Gasteiger partial charge in [0.15, 0.2) is 0 Å². The molecule has 3 rings (SSSR count). The van der Waals surface area contributed by atoms with Crippen LogP contribution in [-0.4, -0.2) is 17.2 Å². The van der Waals surface area contributed by atoms with Crippen LogP contribution in [0.1, 0.15) is 21.5 Å². The van der Waals surface area contributed by atoms with Crippen molar-refractivity contribution < 1.29 is 19.0 Å². The molecule has 6 heteroatoms. The fourth-order valence-corrected chi connectivity index (χ4v) is 2.27. The van der Waals surface area contributed by atoms with Crippen molar-refractivity contribution in [2.24, 2.45) is 5.10 Å². The van der Waals surface area contributed by atoms with Gasteiger partial charge in [0, 0.05) is 5.56 Å². The Morgan fingerprint density at radius 2 is 1.81 bits per heavy atom. The molecule has 5 nitrogen and oxygen atoms in total. The normalized spacial score (nSPS) is 10.7. The zero-order valence-electron chi connectivity index (χ0n) is 14.3. The number of hydrogen-bond donors (Lipinski definition) is 2. The first-order chi connectivity index (χ1) is 13.1. The number of aromatic hydroxyl groups is 1. The number of rotatable bonds is 6. The summed E-state index contributed by atoms with van der Waals surface area (Å²) in [6, 6.07) is 19.2. The van der Waals surface area contributed by atoms with Crippen LogP contribution >= 0.6 is 0 Å². The van der Waals surface area contributed by atoms with Crippen LogP contribution in [0.25, 0.3) is 0 Å². The Morgan fingerprint density at radius 1 is 1.07 bits per heavy atom. The van der Waals surface area contributed by atoms with Gasteiger partial charge in [-0.2, -0.15) is 5.10 Å². The molecule has 0 aliphatic rings. The SMILES string of the molecule is O=C(N/N=C\c1cccc(OCc2ccc(F)cc2)c1)c1ccc(O)cc1. The standard InChI is InChI=1S/C21H17FN2O3/c22-18-8-4-15(5-9-18)14-27-20-3-1-2-16(12-20)13-23-24-21(26)17-6-10-19(25)11-7-17/h1-13,25H,14H2,(H,24,26)/b23-13-. The lowest BCUT2D eigenvalue weighted by Gasteiger charge is -2.07. The molecule has 2 N–H and O–H groups in total. The van der Waals surface area contributed by atoms with E-state index in [9.17, 15) is 14.3 Å². The van der Waals surface area contributed by atoms with Crippen molar-refractivity contribution in [3.05, 3.63) is 95.3 Å². The van der Waals surface area contributed by atoms with Gasteiger partial charge in [0.05, 0.1) is 6.21 Å². The minimum atomic E-state index is -0.380. The molecule has 0 spiro atoms. The third-order valence-corrected chi connectivity index (χ3v) is 3.69. The quantitative estimate of drug-likeness (QED) is 0.515. The molecule has 1 amide bonds. The van der Waals surface area contributed by atoms with Gasteiger partial charge in [0.25, 0.3) is 5.91 Å². The molecule has 3 aromatic rings. The molecule has 0 bridgehead atoms. The van der Waals surface area contributed by atoms with Gasteiger partial charge < -0.3 is 9.84 Å². The Bertz CT molecular complexity index is 938. The van der Waals surface area contributed by atoms with Gasteiger partial charge in [-0.05, 0) is 59.7 Å². The Labute approximate surface area is 155 Å². The first-order valence-corrected chi connectivity index (χ1v) is 8.20. The summed E-state index contributed by atoms with van der Waals surface area (Å²) < 4.78 is 18.6. The van der Waals surface area contributed by atoms with E-state index in [4.69, 9.17) is 4.74 Å². The Balaban J connectivity index is 1.56. The second kappa shape index (κ2) is 8.62. The molecule has 27 heavy (non-hydrogen) atoms. The van der Waals surface area contributed by atoms with E-state index in [0.717, 1.165) is 11.1 Å². The van der Waals surface area contributed by atoms with E-state index in [2.05, 4.69) is 10.5 Å². The number of carbonyl (C=O) groups is 1. The van der Waals surface area contributed by atoms with Crippen LogP contribution < -0.4 is 10.2 Å². The maximum Gasteiger partial charge on any atom is 0.271 e. The predicted octanol–water partition coefficient (Wildman–Crippen LogP) is 3.87. The maximum atomic E-state index is 12.9. The minimum Gasteiger partial charge on any atom is -0.508 e. The molecule has 3 aromatic carbocycles. The molecule has 0 aromatic heterocycles. The summed E-state index contributed by atoms with van der Waals surface area (Å²) in [6.45, 7) is 0.318. The van der Waals surface area contributed by atoms with Crippen molar-refractivity contribution in [2.45, 2.75) is 6.61 Å². The third kappa shape index (κ3) is 5.40. The number of hydrazone groups is 1. The van der Waals surface area contributed by atoms with Crippen LogP contribution in [0.3, 0.4) is 0 Å². The van der Waals surface area contributed by atoms with E-state index in [0.29, 0.717) is 17.9 Å². The summed E-state index contributed by atoms with van der Waals surface area (Å²) >= 11 is 0. The second-order valence-electron chi connectivity index (χ2n) is 5.73. The zero-order chi connectivity index (χ0) is 19.1. The van der Waals surface area contributed by atoms with Crippen LogP contribution in [-0.2, 0) is 6.61 Å². The molecule has 0 fully saturated rings. The number of phenols is 1. The molecular formula is C21H17FN2O3. The average Bonchev–Trinajstić information content (AvgIpc) is 2.68. The van der Waals surface area contributed by atoms with Gasteiger partial charge in [-0.3, -0.25) is 4.79 Å². The fourth-order valence-electron chi connectivity index (χ4n) is 2.27. The predicted molar refractivity (Wildman–Crippen MR) is 100 cm³/mol. The van der Waals surface area contributed by atoms with Gasteiger partial charge >= 0.3 is 0 Å². The number of nitrogens with zero attached hydrogens (tertiary/aromatic N) is 1. The van der Waals surface area contributed by atoms with Crippen LogP contribution in [0.2, 0.25) is 0 Å². The molecule has 0 radical (unpaired) electrons. The highest BCUT2D eigenvalue weighted by Gasteiger charge is 2.03. The number of phenolic OH excluding ortho intramolecular Hbond substituents is 1. The summed E-state index contributed by atoms with van der Waals surface area (Å²) in [5.74, 6) is 0.0573. The molecule has 136 valence electrons. The van der Waals surface area contributed by atoms with Crippen LogP contribution in [0.15, 0.2) is 77.9 Å². The first kappa shape index (κ1) is 18.1. The van der Waals surface area contributed by atoms with Crippen molar-refractivity contribution in [2.75, 3.05) is 0 Å². The number of hydrogen-bond acceptors (Lipinski definition) is 4. The van der Waals surface area contributed by atoms with Gasteiger partial charge in [0.1, 0.15) is 23.9 Å². The van der Waals surface area contributed by atoms with Gasteiger partial charge in [-0.1, -0.05) is 24.3 Å². The van der Waals surface area contributed by atoms with Crippen LogP contribution in [0.5, 0.6) is 11.5 Å². The summed E-state index contributed by atoms with van der Waals surface area (Å²) in [7, 11) is 0. The highest BCUT2D eigenvalue weighted by atomic mass is 19.1. The summed E-state index contributed by atoms with van der Waals surface area (Å²) in [5.41, 5.74) is 4.42. The van der Waals surface area contributed by atoms with Gasteiger partial charge in [-0.15, -0.1) is 0 Å². The molecule has 0 saturated heterocycles. The largest absolute Gasteiger partial charge is 0.508 e. The number of nitrogens with one attached hydrogen (secondary N) is 1. The van der Waals surface area contributed by atoms with Gasteiger partial charge in [0.2, 0.25) is 0 Å². The average molecular weight is 364 g/mol. The summed E-state index contributed by atoms with van der Waals surface area (Å²) in [5, 5.41) is 13.2. The topological polar surface area (TPSA) is 70.9 Å². The Morgan fingerprint density at radius 3 is 2.56 bits per heavy atom. The molecule has 0 heterocycles. The summed E-state index contributed by atoms with van der Waals surface area (Å²) in [6.07, 6.45) is 1.50. The molecule has 0 aliphatic heterocycles. The molecule has 0 aliphatic carbocycles. The minimum absolute atomic E-state index is 0.0903. The Kier molecular flexibility index (Phi) is 5.79. The fraction of sp³-hybridized carbons (Fsp3) is 0.0476. The van der Waals surface area contributed by atoms with E-state index >= 15 is 0 Å². The number of amides is 1. The van der Waals surface area contributed by atoms with E-state index < -0.39 is 0 Å². The molecule has 0 saturated carbocycles. The maximum absolute atomic E-state index is 12.9. The van der Waals surface area contributed by atoms with E-state index in [1.54, 1.807) is 24.3 Å². The second-order valence-corrected chi connectivity index (χ2v) is 5.73. The zero-order valence-corrected chi connectivity index (χ0v) is 14.3. The van der Waals surface area contributed by atoms with Crippen LogP contribution in [0.4, 0.5) is 4.39 Å². The lowest BCUT2D eigenvalue weighted by atomic mass is 10.2. The Hall–Kier alpha value is -3.67. The lowest BCUT2D eigenvalue weighted by molar-refractivity contribution is 0.0955. The first-order valence-electron chi connectivity index (χ1n) is 8.20. The molecule has 0 unspecified atom stereocenters. The monoisotopic (exact) mass is 364 g/mol. The number of benzene rings is 3. The van der Waals surface area contributed by atoms with Crippen molar-refractivity contribution in [3.63, 3.8) is 0 Å². The van der Waals surface area contributed by atoms with Crippen molar-refractivity contribution in [1.82, 2.24) is 5.43 Å². The summed E-state index contributed by atoms with van der Waals surface area (Å²) in [4.78, 5) is 11.9. The highest BCUT2D eigenvalue weighted by molar-refractivity contribution is 5.95. The smallest absolute Gasteiger partial charge is 0.271 e. The van der Waals surface area contributed by atoms with E-state index in [-0.39, 0.29) is 17.5 Å². The third-order valence-electron chi connectivity index (χ3n) is 3.69. The number of ether oxygens (including phenoxy) is 1. The van der Waals surface area contributed by atoms with E-state index in [1.165, 1.54) is 42.6 Å². The van der Waals surface area contributed by atoms with Crippen molar-refractivity contribution in [1.29, 1.82) is 0 Å². The van der Waals surface area contributed by atoms with Gasteiger partial charge in [-0.25, -0.2) is 9.82 Å². The van der Waals surface area contributed by atoms with E-state index in [1.807, 2.05) is 12.1 Å². The number of carbonyl (C=O) groups excluding carboxylic acids is 1. The van der Waals surface area contributed by atoms with Crippen molar-refractivity contribution >= 4 is 12.1 Å². The molecule has 0 atom stereocenters. The number of halogens is 1.